The van der Waals surface area contributed by atoms with Gasteiger partial charge in [-0.1, -0.05) is 18.2 Å². The predicted octanol–water partition coefficient (Wildman–Crippen LogP) is 3.48. The zero-order chi connectivity index (χ0) is 14.5. The van der Waals surface area contributed by atoms with Gasteiger partial charge in [-0.3, -0.25) is 4.98 Å². The lowest BCUT2D eigenvalue weighted by Crippen LogP contribution is -2.22. The van der Waals surface area contributed by atoms with Crippen LogP contribution in [0.15, 0.2) is 47.2 Å². The van der Waals surface area contributed by atoms with Crippen molar-refractivity contribution in [3.05, 3.63) is 58.3 Å². The molecule has 0 saturated carbocycles. The summed E-state index contributed by atoms with van der Waals surface area (Å²) in [6, 6.07) is 9.04. The van der Waals surface area contributed by atoms with Crippen LogP contribution in [0.4, 0.5) is 5.69 Å². The van der Waals surface area contributed by atoms with E-state index in [0.717, 1.165) is 21.3 Å². The summed E-state index contributed by atoms with van der Waals surface area (Å²) in [5, 5.41) is 3.21. The molecule has 104 valence electrons. The van der Waals surface area contributed by atoms with Gasteiger partial charge in [-0.05, 0) is 40.5 Å². The van der Waals surface area contributed by atoms with Gasteiger partial charge in [-0.25, -0.2) is 4.79 Å². The van der Waals surface area contributed by atoms with E-state index in [4.69, 9.17) is 4.74 Å². The lowest BCUT2D eigenvalue weighted by Gasteiger charge is -2.19. The van der Waals surface area contributed by atoms with Crippen molar-refractivity contribution < 1.29 is 9.53 Å². The average Bonchev–Trinajstić information content (AvgIpc) is 2.45. The number of carbonyl (C=O) groups is 1. The van der Waals surface area contributed by atoms with Crippen molar-refractivity contribution in [1.82, 2.24) is 4.98 Å². The SMILES string of the molecule is COC(=O)C(Nc1ccccc1C)c1cncc(Br)c1. The summed E-state index contributed by atoms with van der Waals surface area (Å²) >= 11 is 3.36. The fraction of sp³-hybridized carbons (Fsp3) is 0.200. The third-order valence-electron chi connectivity index (χ3n) is 2.94. The second-order valence-electron chi connectivity index (χ2n) is 4.35. The molecule has 1 aromatic heterocycles. The molecule has 0 radical (unpaired) electrons. The number of hydrogen-bond acceptors (Lipinski definition) is 4. The molecule has 20 heavy (non-hydrogen) atoms. The van der Waals surface area contributed by atoms with Gasteiger partial charge in [0.2, 0.25) is 0 Å². The molecule has 0 bridgehead atoms. The second-order valence-corrected chi connectivity index (χ2v) is 5.27. The highest BCUT2D eigenvalue weighted by molar-refractivity contribution is 9.10. The van der Waals surface area contributed by atoms with Crippen LogP contribution in [0.3, 0.4) is 0 Å². The van der Waals surface area contributed by atoms with Crippen molar-refractivity contribution in [3.63, 3.8) is 0 Å². The summed E-state index contributed by atoms with van der Waals surface area (Å²) in [4.78, 5) is 16.1. The Labute approximate surface area is 126 Å². The summed E-state index contributed by atoms with van der Waals surface area (Å²) in [5.41, 5.74) is 2.70. The van der Waals surface area contributed by atoms with Crippen molar-refractivity contribution >= 4 is 27.6 Å². The maximum absolute atomic E-state index is 12.0. The zero-order valence-electron chi connectivity index (χ0n) is 11.3. The lowest BCUT2D eigenvalue weighted by molar-refractivity contribution is -0.141. The van der Waals surface area contributed by atoms with Crippen LogP contribution in [-0.4, -0.2) is 18.1 Å². The predicted molar refractivity (Wildman–Crippen MR) is 81.5 cm³/mol. The minimum absolute atomic E-state index is 0.354. The Hall–Kier alpha value is -1.88. The molecule has 5 heteroatoms. The molecule has 4 nitrogen and oxygen atoms in total. The number of nitrogens with zero attached hydrogens (tertiary/aromatic N) is 1. The molecule has 0 saturated heterocycles. The highest BCUT2D eigenvalue weighted by Crippen LogP contribution is 2.24. The van der Waals surface area contributed by atoms with E-state index in [1.807, 2.05) is 37.3 Å². The minimum atomic E-state index is -0.592. The first-order chi connectivity index (χ1) is 9.61. The number of hydrogen-bond donors (Lipinski definition) is 1. The van der Waals surface area contributed by atoms with Crippen LogP contribution in [-0.2, 0) is 9.53 Å². The number of benzene rings is 1. The van der Waals surface area contributed by atoms with Crippen molar-refractivity contribution in [2.75, 3.05) is 12.4 Å². The third kappa shape index (κ3) is 3.36. The Bertz CT molecular complexity index is 616. The van der Waals surface area contributed by atoms with E-state index in [0.29, 0.717) is 0 Å². The molecule has 1 heterocycles. The first-order valence-electron chi connectivity index (χ1n) is 6.12. The van der Waals surface area contributed by atoms with Gasteiger partial charge < -0.3 is 10.1 Å². The van der Waals surface area contributed by atoms with E-state index in [-0.39, 0.29) is 5.97 Å². The van der Waals surface area contributed by atoms with Gasteiger partial charge in [-0.2, -0.15) is 0 Å². The van der Waals surface area contributed by atoms with E-state index >= 15 is 0 Å². The van der Waals surface area contributed by atoms with E-state index in [1.54, 1.807) is 12.4 Å². The van der Waals surface area contributed by atoms with Crippen LogP contribution in [0.2, 0.25) is 0 Å². The van der Waals surface area contributed by atoms with Crippen LogP contribution in [0.5, 0.6) is 0 Å². The van der Waals surface area contributed by atoms with Crippen LogP contribution in [0.25, 0.3) is 0 Å². The Morgan fingerprint density at radius 1 is 1.35 bits per heavy atom. The molecule has 2 aromatic rings. The summed E-state index contributed by atoms with van der Waals surface area (Å²) < 4.78 is 5.69. The van der Waals surface area contributed by atoms with Crippen LogP contribution in [0, 0.1) is 6.92 Å². The quantitative estimate of drug-likeness (QED) is 0.869. The molecular weight excluding hydrogens is 320 g/mol. The number of carbonyl (C=O) groups excluding carboxylic acids is 1. The van der Waals surface area contributed by atoms with Gasteiger partial charge in [0.1, 0.15) is 0 Å². The highest BCUT2D eigenvalue weighted by atomic mass is 79.9. The van der Waals surface area contributed by atoms with Crippen molar-refractivity contribution in [2.24, 2.45) is 0 Å². The molecule has 1 unspecified atom stereocenters. The van der Waals surface area contributed by atoms with Crippen molar-refractivity contribution in [3.8, 4) is 0 Å². The van der Waals surface area contributed by atoms with Crippen LogP contribution < -0.4 is 5.32 Å². The van der Waals surface area contributed by atoms with Gasteiger partial charge in [0.15, 0.2) is 6.04 Å². The Morgan fingerprint density at radius 2 is 2.10 bits per heavy atom. The summed E-state index contributed by atoms with van der Waals surface area (Å²) in [6.07, 6.45) is 3.32. The van der Waals surface area contributed by atoms with Crippen molar-refractivity contribution in [1.29, 1.82) is 0 Å². The first kappa shape index (κ1) is 14.5. The van der Waals surface area contributed by atoms with Crippen LogP contribution >= 0.6 is 15.9 Å². The van der Waals surface area contributed by atoms with Gasteiger partial charge in [0.05, 0.1) is 7.11 Å². The number of rotatable bonds is 4. The normalized spacial score (nSPS) is 11.8. The molecule has 0 fully saturated rings. The number of anilines is 1. The van der Waals surface area contributed by atoms with Gasteiger partial charge in [0.25, 0.3) is 0 Å². The monoisotopic (exact) mass is 334 g/mol. The number of pyridine rings is 1. The van der Waals surface area contributed by atoms with E-state index < -0.39 is 6.04 Å². The number of aryl methyl sites for hydroxylation is 1. The molecule has 0 aliphatic heterocycles. The third-order valence-corrected chi connectivity index (χ3v) is 3.37. The Morgan fingerprint density at radius 3 is 2.75 bits per heavy atom. The summed E-state index contributed by atoms with van der Waals surface area (Å²) in [7, 11) is 1.38. The number of ether oxygens (including phenoxy) is 1. The number of aromatic nitrogens is 1. The smallest absolute Gasteiger partial charge is 0.333 e. The van der Waals surface area contributed by atoms with E-state index in [2.05, 4.69) is 26.2 Å². The molecule has 0 spiro atoms. The molecular formula is C15H15BrN2O2. The minimum Gasteiger partial charge on any atom is -0.467 e. The summed E-state index contributed by atoms with van der Waals surface area (Å²) in [6.45, 7) is 1.98. The molecule has 1 aromatic carbocycles. The van der Waals surface area contributed by atoms with Gasteiger partial charge in [-0.15, -0.1) is 0 Å². The highest BCUT2D eigenvalue weighted by Gasteiger charge is 2.22. The second kappa shape index (κ2) is 6.52. The zero-order valence-corrected chi connectivity index (χ0v) is 12.8. The molecule has 2 rings (SSSR count). The lowest BCUT2D eigenvalue weighted by atomic mass is 10.1. The van der Waals surface area contributed by atoms with E-state index in [9.17, 15) is 4.79 Å². The maximum atomic E-state index is 12.0. The Kier molecular flexibility index (Phi) is 4.74. The molecule has 1 atom stereocenters. The fourth-order valence-electron chi connectivity index (χ4n) is 1.87. The number of nitrogens with one attached hydrogen (secondary N) is 1. The van der Waals surface area contributed by atoms with Crippen molar-refractivity contribution in [2.45, 2.75) is 13.0 Å². The molecule has 0 amide bonds. The Balaban J connectivity index is 2.34. The van der Waals surface area contributed by atoms with E-state index in [1.165, 1.54) is 7.11 Å². The van der Waals surface area contributed by atoms with Gasteiger partial charge in [0, 0.05) is 28.1 Å². The number of methoxy groups -OCH3 is 1. The number of esters is 1. The van der Waals surface area contributed by atoms with Crippen LogP contribution in [0.1, 0.15) is 17.2 Å². The molecule has 0 aliphatic carbocycles. The maximum Gasteiger partial charge on any atom is 0.333 e. The molecule has 0 aliphatic rings. The first-order valence-corrected chi connectivity index (χ1v) is 6.91. The topological polar surface area (TPSA) is 51.2 Å². The average molecular weight is 335 g/mol. The molecule has 1 N–H and O–H groups in total. The standard InChI is InChI=1S/C15H15BrN2O2/c1-10-5-3-4-6-13(10)18-14(15(19)20-2)11-7-12(16)9-17-8-11/h3-9,14,18H,1-2H3. The summed E-state index contributed by atoms with van der Waals surface area (Å²) in [5.74, 6) is -0.354. The fourth-order valence-corrected chi connectivity index (χ4v) is 2.26. The number of halogens is 1. The number of para-hydroxylation sites is 1. The van der Waals surface area contributed by atoms with Gasteiger partial charge >= 0.3 is 5.97 Å². The largest absolute Gasteiger partial charge is 0.467 e.